The summed E-state index contributed by atoms with van der Waals surface area (Å²) >= 11 is 0. The fourth-order valence-electron chi connectivity index (χ4n) is 1.74. The van der Waals surface area contributed by atoms with Crippen LogP contribution in [0.15, 0.2) is 21.9 Å². The first kappa shape index (κ1) is 15.0. The first-order chi connectivity index (χ1) is 8.18. The molecule has 100 valence electrons. The van der Waals surface area contributed by atoms with E-state index in [1.54, 1.807) is 11.6 Å². The van der Waals surface area contributed by atoms with Crippen molar-refractivity contribution in [3.8, 4) is 0 Å². The maximum Gasteiger partial charge on any atom is 0.255 e. The molecule has 0 bridgehead atoms. The second-order valence-corrected chi connectivity index (χ2v) is 4.23. The van der Waals surface area contributed by atoms with E-state index in [1.807, 2.05) is 19.1 Å². The van der Waals surface area contributed by atoms with Crippen LogP contribution in [0.4, 0.5) is 0 Å². The zero-order chi connectivity index (χ0) is 12.3. The number of nitrogens with one attached hydrogen (secondary N) is 2. The molecule has 6 heteroatoms. The lowest BCUT2D eigenvalue weighted by molar-refractivity contribution is 0.696. The molecule has 0 unspecified atom stereocenters. The minimum atomic E-state index is 0. The standard InChI is InChI=1S/C12H18N4O.HI/c1-9-4-5-10(11(17)16(9)2)8-15-12-13-6-3-7-14-12;/h4-5H,3,6-8H2,1-2H3,(H2,13,14,15);1H. The summed E-state index contributed by atoms with van der Waals surface area (Å²) in [6, 6.07) is 3.82. The van der Waals surface area contributed by atoms with Crippen LogP contribution in [0.5, 0.6) is 0 Å². The van der Waals surface area contributed by atoms with Gasteiger partial charge in [-0.15, -0.1) is 24.0 Å². The molecular weight excluding hydrogens is 343 g/mol. The molecular formula is C12H19IN4O. The van der Waals surface area contributed by atoms with E-state index in [1.165, 1.54) is 0 Å². The highest BCUT2D eigenvalue weighted by Crippen LogP contribution is 1.96. The Morgan fingerprint density at radius 1 is 1.50 bits per heavy atom. The second-order valence-electron chi connectivity index (χ2n) is 4.23. The summed E-state index contributed by atoms with van der Waals surface area (Å²) in [4.78, 5) is 16.2. The third-order valence-corrected chi connectivity index (χ3v) is 2.98. The van der Waals surface area contributed by atoms with Crippen molar-refractivity contribution >= 4 is 29.9 Å². The third kappa shape index (κ3) is 3.47. The van der Waals surface area contributed by atoms with Gasteiger partial charge in [-0.1, -0.05) is 6.07 Å². The highest BCUT2D eigenvalue weighted by atomic mass is 127. The van der Waals surface area contributed by atoms with Gasteiger partial charge in [0.2, 0.25) is 0 Å². The summed E-state index contributed by atoms with van der Waals surface area (Å²) in [7, 11) is 1.79. The maximum atomic E-state index is 11.9. The fraction of sp³-hybridized carbons (Fsp3) is 0.500. The highest BCUT2D eigenvalue weighted by molar-refractivity contribution is 14.0. The third-order valence-electron chi connectivity index (χ3n) is 2.98. The van der Waals surface area contributed by atoms with Gasteiger partial charge < -0.3 is 15.2 Å². The second kappa shape index (κ2) is 6.77. The summed E-state index contributed by atoms with van der Waals surface area (Å²) in [5.41, 5.74) is 1.77. The van der Waals surface area contributed by atoms with E-state index in [2.05, 4.69) is 15.6 Å². The molecule has 0 aliphatic carbocycles. The predicted octanol–water partition coefficient (Wildman–Crippen LogP) is 0.751. The molecule has 18 heavy (non-hydrogen) atoms. The lowest BCUT2D eigenvalue weighted by Gasteiger charge is -2.16. The average Bonchev–Trinajstić information content (AvgIpc) is 2.36. The summed E-state index contributed by atoms with van der Waals surface area (Å²) in [5.74, 6) is 0.791. The number of rotatable bonds is 2. The first-order valence-electron chi connectivity index (χ1n) is 5.86. The van der Waals surface area contributed by atoms with Crippen molar-refractivity contribution in [2.75, 3.05) is 13.1 Å². The number of aryl methyl sites for hydroxylation is 1. The van der Waals surface area contributed by atoms with E-state index in [4.69, 9.17) is 0 Å². The Hall–Kier alpha value is -1.05. The summed E-state index contributed by atoms with van der Waals surface area (Å²) < 4.78 is 1.66. The van der Waals surface area contributed by atoms with Crippen molar-refractivity contribution in [1.82, 2.24) is 15.2 Å². The van der Waals surface area contributed by atoms with Crippen molar-refractivity contribution in [2.45, 2.75) is 19.9 Å². The van der Waals surface area contributed by atoms with Crippen LogP contribution in [0.1, 0.15) is 17.7 Å². The van der Waals surface area contributed by atoms with Gasteiger partial charge in [-0.05, 0) is 19.4 Å². The maximum absolute atomic E-state index is 11.9. The quantitative estimate of drug-likeness (QED) is 0.764. The molecule has 0 saturated carbocycles. The van der Waals surface area contributed by atoms with E-state index >= 15 is 0 Å². The van der Waals surface area contributed by atoms with E-state index in [-0.39, 0.29) is 29.5 Å². The number of aliphatic imine (C=N–C) groups is 1. The van der Waals surface area contributed by atoms with Gasteiger partial charge in [0.25, 0.3) is 5.56 Å². The van der Waals surface area contributed by atoms with Gasteiger partial charge in [0.05, 0.1) is 0 Å². The molecule has 2 N–H and O–H groups in total. The SMILES string of the molecule is Cc1ccc(CNC2=NCCCN2)c(=O)n1C.I. The zero-order valence-electron chi connectivity index (χ0n) is 10.7. The molecule has 2 rings (SSSR count). The van der Waals surface area contributed by atoms with Crippen molar-refractivity contribution in [3.63, 3.8) is 0 Å². The molecule has 0 atom stereocenters. The number of nitrogens with zero attached hydrogens (tertiary/aromatic N) is 2. The minimum Gasteiger partial charge on any atom is -0.356 e. The minimum absolute atomic E-state index is 0. The topological polar surface area (TPSA) is 58.4 Å². The first-order valence-corrected chi connectivity index (χ1v) is 5.86. The molecule has 1 aromatic heterocycles. The number of hydrogen-bond donors (Lipinski definition) is 2. The predicted molar refractivity (Wildman–Crippen MR) is 83.6 cm³/mol. The lowest BCUT2D eigenvalue weighted by atomic mass is 10.2. The van der Waals surface area contributed by atoms with Crippen LogP contribution >= 0.6 is 24.0 Å². The number of guanidine groups is 1. The smallest absolute Gasteiger partial charge is 0.255 e. The van der Waals surface area contributed by atoms with Crippen LogP contribution in [-0.2, 0) is 13.6 Å². The Kier molecular flexibility index (Phi) is 5.64. The summed E-state index contributed by atoms with van der Waals surface area (Å²) in [5, 5.41) is 6.32. The van der Waals surface area contributed by atoms with E-state index < -0.39 is 0 Å². The van der Waals surface area contributed by atoms with Crippen LogP contribution in [0, 0.1) is 6.92 Å². The van der Waals surface area contributed by atoms with E-state index in [0.717, 1.165) is 36.7 Å². The molecule has 1 aliphatic heterocycles. The van der Waals surface area contributed by atoms with Gasteiger partial charge in [-0.2, -0.15) is 0 Å². The summed E-state index contributed by atoms with van der Waals surface area (Å²) in [6.45, 7) is 4.23. The van der Waals surface area contributed by atoms with Crippen molar-refractivity contribution < 1.29 is 0 Å². The van der Waals surface area contributed by atoms with Crippen LogP contribution < -0.4 is 16.2 Å². The Labute approximate surface area is 124 Å². The molecule has 0 spiro atoms. The Morgan fingerprint density at radius 3 is 2.94 bits per heavy atom. The van der Waals surface area contributed by atoms with Gasteiger partial charge in [0, 0.05) is 37.9 Å². The molecule has 0 saturated heterocycles. The van der Waals surface area contributed by atoms with Gasteiger partial charge in [-0.3, -0.25) is 9.79 Å². The molecule has 0 aromatic carbocycles. The van der Waals surface area contributed by atoms with Crippen molar-refractivity contribution in [2.24, 2.45) is 12.0 Å². The van der Waals surface area contributed by atoms with E-state index in [9.17, 15) is 4.79 Å². The molecule has 2 heterocycles. The number of pyridine rings is 1. The van der Waals surface area contributed by atoms with Gasteiger partial charge in [0.1, 0.15) is 0 Å². The van der Waals surface area contributed by atoms with Crippen LogP contribution in [-0.4, -0.2) is 23.6 Å². The highest BCUT2D eigenvalue weighted by Gasteiger charge is 2.06. The molecule has 1 aromatic rings. The van der Waals surface area contributed by atoms with Crippen molar-refractivity contribution in [3.05, 3.63) is 33.7 Å². The lowest BCUT2D eigenvalue weighted by Crippen LogP contribution is -2.41. The number of aromatic nitrogens is 1. The van der Waals surface area contributed by atoms with E-state index in [0.29, 0.717) is 6.54 Å². The normalized spacial score (nSPS) is 14.2. The van der Waals surface area contributed by atoms with Gasteiger partial charge in [-0.25, -0.2) is 0 Å². The molecule has 0 fully saturated rings. The average molecular weight is 362 g/mol. The van der Waals surface area contributed by atoms with Crippen LogP contribution in [0.3, 0.4) is 0 Å². The Morgan fingerprint density at radius 2 is 2.28 bits per heavy atom. The van der Waals surface area contributed by atoms with Crippen molar-refractivity contribution in [1.29, 1.82) is 0 Å². The van der Waals surface area contributed by atoms with Crippen LogP contribution in [0.25, 0.3) is 0 Å². The van der Waals surface area contributed by atoms with Gasteiger partial charge >= 0.3 is 0 Å². The summed E-state index contributed by atoms with van der Waals surface area (Å²) in [6.07, 6.45) is 1.07. The molecule has 1 aliphatic rings. The molecule has 0 radical (unpaired) electrons. The fourth-order valence-corrected chi connectivity index (χ4v) is 1.74. The van der Waals surface area contributed by atoms with Crippen LogP contribution in [0.2, 0.25) is 0 Å². The zero-order valence-corrected chi connectivity index (χ0v) is 13.0. The number of halogens is 1. The Bertz CT molecular complexity index is 495. The largest absolute Gasteiger partial charge is 0.356 e. The number of hydrogen-bond acceptors (Lipinski definition) is 4. The molecule has 5 nitrogen and oxygen atoms in total. The monoisotopic (exact) mass is 362 g/mol. The molecule has 0 amide bonds. The Balaban J connectivity index is 0.00000162. The van der Waals surface area contributed by atoms with Gasteiger partial charge in [0.15, 0.2) is 5.96 Å².